The van der Waals surface area contributed by atoms with E-state index in [9.17, 15) is 14.0 Å². The third kappa shape index (κ3) is 5.49. The fourth-order valence-electron chi connectivity index (χ4n) is 2.30. The number of carbonyl (C=O) groups excluding carboxylic acids is 2. The summed E-state index contributed by atoms with van der Waals surface area (Å²) in [6, 6.07) is 6.04. The monoisotopic (exact) mass is 375 g/mol. The smallest absolute Gasteiger partial charge is 0.244 e. The minimum absolute atomic E-state index is 0.151. The number of hydrogen-bond donors (Lipinski definition) is 1. The number of nitrogens with one attached hydrogen (secondary N) is 1. The molecule has 2 aromatic rings. The SMILES string of the molecule is CCCCCNC(=O)C=Cc1csc(N(C(C)=O)c2ccccc2F)n1. The maximum atomic E-state index is 14.0. The number of benzene rings is 1. The highest BCUT2D eigenvalue weighted by atomic mass is 32.1. The molecule has 0 aliphatic rings. The predicted molar refractivity (Wildman–Crippen MR) is 103 cm³/mol. The minimum atomic E-state index is -0.499. The minimum Gasteiger partial charge on any atom is -0.353 e. The zero-order chi connectivity index (χ0) is 18.9. The van der Waals surface area contributed by atoms with Crippen LogP contribution in [-0.2, 0) is 9.59 Å². The van der Waals surface area contributed by atoms with Crippen molar-refractivity contribution in [3.8, 4) is 0 Å². The Morgan fingerprint density at radius 1 is 1.31 bits per heavy atom. The summed E-state index contributed by atoms with van der Waals surface area (Å²) in [4.78, 5) is 29.3. The van der Waals surface area contributed by atoms with Gasteiger partial charge in [0.15, 0.2) is 5.13 Å². The lowest BCUT2D eigenvalue weighted by Gasteiger charge is -2.18. The van der Waals surface area contributed by atoms with Gasteiger partial charge in [0.05, 0.1) is 11.4 Å². The van der Waals surface area contributed by atoms with Crippen LogP contribution in [0.5, 0.6) is 0 Å². The largest absolute Gasteiger partial charge is 0.353 e. The number of unbranched alkanes of at least 4 members (excludes halogenated alkanes) is 2. The Morgan fingerprint density at radius 3 is 2.77 bits per heavy atom. The van der Waals surface area contributed by atoms with Crippen LogP contribution >= 0.6 is 11.3 Å². The van der Waals surface area contributed by atoms with Gasteiger partial charge in [0, 0.05) is 24.9 Å². The van der Waals surface area contributed by atoms with E-state index in [1.54, 1.807) is 23.6 Å². The highest BCUT2D eigenvalue weighted by Gasteiger charge is 2.20. The normalized spacial score (nSPS) is 10.9. The lowest BCUT2D eigenvalue weighted by atomic mass is 10.2. The summed E-state index contributed by atoms with van der Waals surface area (Å²) >= 11 is 1.21. The average Bonchev–Trinajstić information content (AvgIpc) is 3.07. The van der Waals surface area contributed by atoms with Gasteiger partial charge >= 0.3 is 0 Å². The van der Waals surface area contributed by atoms with Crippen LogP contribution in [-0.4, -0.2) is 23.3 Å². The average molecular weight is 375 g/mol. The lowest BCUT2D eigenvalue weighted by Crippen LogP contribution is -2.23. The van der Waals surface area contributed by atoms with Crippen molar-refractivity contribution in [2.45, 2.75) is 33.1 Å². The number of rotatable bonds is 8. The van der Waals surface area contributed by atoms with Crippen molar-refractivity contribution < 1.29 is 14.0 Å². The predicted octanol–water partition coefficient (Wildman–Crippen LogP) is 4.29. The number of thiazole rings is 1. The van der Waals surface area contributed by atoms with E-state index >= 15 is 0 Å². The van der Waals surface area contributed by atoms with Crippen LogP contribution in [0.25, 0.3) is 6.08 Å². The molecule has 0 unspecified atom stereocenters. The molecule has 0 spiro atoms. The van der Waals surface area contributed by atoms with Gasteiger partial charge in [-0.2, -0.15) is 0 Å². The van der Waals surface area contributed by atoms with Gasteiger partial charge in [-0.1, -0.05) is 31.9 Å². The highest BCUT2D eigenvalue weighted by molar-refractivity contribution is 7.14. The second-order valence-corrected chi connectivity index (χ2v) is 6.53. The summed E-state index contributed by atoms with van der Waals surface area (Å²) in [6.45, 7) is 4.10. The fraction of sp³-hybridized carbons (Fsp3) is 0.316. The summed E-state index contributed by atoms with van der Waals surface area (Å²) in [5.74, 6) is -1.02. The number of para-hydroxylation sites is 1. The first-order chi connectivity index (χ1) is 12.5. The topological polar surface area (TPSA) is 62.3 Å². The lowest BCUT2D eigenvalue weighted by molar-refractivity contribution is -0.117. The van der Waals surface area contributed by atoms with Crippen LogP contribution in [0.2, 0.25) is 0 Å². The standard InChI is InChI=1S/C19H22FN3O2S/c1-3-4-7-12-21-18(25)11-10-15-13-26-19(22-15)23(14(2)24)17-9-6-5-8-16(17)20/h5-6,8-11,13H,3-4,7,12H2,1-2H3,(H,21,25). The summed E-state index contributed by atoms with van der Waals surface area (Å²) in [5, 5.41) is 4.87. The molecule has 138 valence electrons. The third-order valence-electron chi connectivity index (χ3n) is 3.59. The molecule has 0 radical (unpaired) electrons. The van der Waals surface area contributed by atoms with Crippen molar-refractivity contribution in [1.29, 1.82) is 0 Å². The molecule has 7 heteroatoms. The highest BCUT2D eigenvalue weighted by Crippen LogP contribution is 2.30. The molecule has 0 bridgehead atoms. The Hall–Kier alpha value is -2.54. The molecule has 0 atom stereocenters. The Bertz CT molecular complexity index is 789. The molecular weight excluding hydrogens is 353 g/mol. The molecule has 2 amide bonds. The first-order valence-corrected chi connectivity index (χ1v) is 9.37. The van der Waals surface area contributed by atoms with E-state index in [0.717, 1.165) is 19.3 Å². The van der Waals surface area contributed by atoms with Crippen LogP contribution in [0.3, 0.4) is 0 Å². The second-order valence-electron chi connectivity index (χ2n) is 5.69. The van der Waals surface area contributed by atoms with Gasteiger partial charge in [0.2, 0.25) is 11.8 Å². The van der Waals surface area contributed by atoms with Gasteiger partial charge in [0.1, 0.15) is 5.82 Å². The van der Waals surface area contributed by atoms with E-state index in [2.05, 4.69) is 17.2 Å². The van der Waals surface area contributed by atoms with E-state index in [0.29, 0.717) is 17.4 Å². The number of anilines is 2. The van der Waals surface area contributed by atoms with Gasteiger partial charge < -0.3 is 5.32 Å². The molecule has 0 saturated carbocycles. The Morgan fingerprint density at radius 2 is 2.08 bits per heavy atom. The van der Waals surface area contributed by atoms with Crippen LogP contribution in [0, 0.1) is 5.82 Å². The van der Waals surface area contributed by atoms with Gasteiger partial charge in [-0.25, -0.2) is 9.37 Å². The van der Waals surface area contributed by atoms with Crippen LogP contribution < -0.4 is 10.2 Å². The maximum absolute atomic E-state index is 14.0. The van der Waals surface area contributed by atoms with E-state index in [1.807, 2.05) is 0 Å². The molecule has 1 heterocycles. The molecule has 1 N–H and O–H groups in total. The van der Waals surface area contributed by atoms with Crippen LogP contribution in [0.1, 0.15) is 38.8 Å². The van der Waals surface area contributed by atoms with Crippen molar-refractivity contribution in [3.05, 3.63) is 47.2 Å². The Labute approximate surface area is 156 Å². The van der Waals surface area contributed by atoms with Crippen molar-refractivity contribution in [2.75, 3.05) is 11.4 Å². The second kappa shape index (κ2) is 9.82. The number of aromatic nitrogens is 1. The number of amides is 2. The zero-order valence-electron chi connectivity index (χ0n) is 14.9. The Balaban J connectivity index is 2.07. The van der Waals surface area contributed by atoms with Crippen molar-refractivity contribution in [2.24, 2.45) is 0 Å². The molecule has 0 aliphatic heterocycles. The van der Waals surface area contributed by atoms with E-state index < -0.39 is 5.82 Å². The van der Waals surface area contributed by atoms with Gasteiger partial charge in [-0.05, 0) is 24.6 Å². The summed E-state index contributed by atoms with van der Waals surface area (Å²) in [7, 11) is 0. The third-order valence-corrected chi connectivity index (χ3v) is 4.44. The summed E-state index contributed by atoms with van der Waals surface area (Å²) in [5.41, 5.74) is 0.690. The van der Waals surface area contributed by atoms with Crippen molar-refractivity contribution >= 4 is 40.0 Å². The first kappa shape index (κ1) is 19.8. The van der Waals surface area contributed by atoms with Gasteiger partial charge in [-0.15, -0.1) is 11.3 Å². The fourth-order valence-corrected chi connectivity index (χ4v) is 3.15. The molecule has 0 fully saturated rings. The molecule has 1 aromatic heterocycles. The molecule has 26 heavy (non-hydrogen) atoms. The number of hydrogen-bond acceptors (Lipinski definition) is 4. The number of nitrogens with zero attached hydrogens (tertiary/aromatic N) is 2. The zero-order valence-corrected chi connectivity index (χ0v) is 15.7. The number of carbonyl (C=O) groups is 2. The van der Waals surface area contributed by atoms with Crippen LogP contribution in [0.15, 0.2) is 35.7 Å². The van der Waals surface area contributed by atoms with E-state index in [4.69, 9.17) is 0 Å². The van der Waals surface area contributed by atoms with E-state index in [-0.39, 0.29) is 17.5 Å². The molecule has 1 aromatic carbocycles. The quantitative estimate of drug-likeness (QED) is 0.553. The van der Waals surface area contributed by atoms with Gasteiger partial charge in [0.25, 0.3) is 0 Å². The molecule has 5 nitrogen and oxygen atoms in total. The molecular formula is C19H22FN3O2S. The van der Waals surface area contributed by atoms with Crippen molar-refractivity contribution in [1.82, 2.24) is 10.3 Å². The first-order valence-electron chi connectivity index (χ1n) is 8.49. The van der Waals surface area contributed by atoms with E-state index in [1.165, 1.54) is 41.4 Å². The van der Waals surface area contributed by atoms with Gasteiger partial charge in [-0.3, -0.25) is 14.5 Å². The molecule has 2 rings (SSSR count). The Kier molecular flexibility index (Phi) is 7.47. The summed E-state index contributed by atoms with van der Waals surface area (Å²) in [6.07, 6.45) is 6.12. The summed E-state index contributed by atoms with van der Waals surface area (Å²) < 4.78 is 14.0. The molecule has 0 saturated heterocycles. The van der Waals surface area contributed by atoms with Crippen LogP contribution in [0.4, 0.5) is 15.2 Å². The maximum Gasteiger partial charge on any atom is 0.244 e. The molecule has 0 aliphatic carbocycles. The number of halogens is 1. The van der Waals surface area contributed by atoms with Crippen molar-refractivity contribution in [3.63, 3.8) is 0 Å².